The van der Waals surface area contributed by atoms with Gasteiger partial charge in [0.05, 0.1) is 29.2 Å². The van der Waals surface area contributed by atoms with Gasteiger partial charge >= 0.3 is 6.18 Å². The van der Waals surface area contributed by atoms with Crippen LogP contribution in [0.1, 0.15) is 76.5 Å². The molecular weight excluding hydrogens is 639 g/mol. The Morgan fingerprint density at radius 1 is 1.07 bits per heavy atom. The molecule has 12 heteroatoms. The van der Waals surface area contributed by atoms with Crippen LogP contribution in [-0.4, -0.2) is 44.5 Å². The maximum atomic E-state index is 14.1. The molecule has 2 amide bonds. The molecule has 0 aliphatic carbocycles. The zero-order valence-electron chi connectivity index (χ0n) is 25.5. The van der Waals surface area contributed by atoms with Gasteiger partial charge < -0.3 is 10.2 Å². The highest BCUT2D eigenvalue weighted by molar-refractivity contribution is 9.10. The van der Waals surface area contributed by atoms with Crippen molar-refractivity contribution in [2.24, 2.45) is 5.92 Å². The van der Waals surface area contributed by atoms with Crippen molar-refractivity contribution in [2.45, 2.75) is 60.2 Å². The number of rotatable bonds is 5. The van der Waals surface area contributed by atoms with Crippen LogP contribution in [0.2, 0.25) is 0 Å². The van der Waals surface area contributed by atoms with Crippen LogP contribution in [0.15, 0.2) is 51.7 Å². The Labute approximate surface area is 262 Å². The van der Waals surface area contributed by atoms with Crippen LogP contribution in [0.4, 0.5) is 13.2 Å². The monoisotopic (exact) mass is 673 g/mol. The van der Waals surface area contributed by atoms with E-state index in [0.717, 1.165) is 17.3 Å². The first kappa shape index (κ1) is 33.0. The Balaban J connectivity index is 0.00000216. The van der Waals surface area contributed by atoms with Crippen LogP contribution in [0.25, 0.3) is 11.3 Å². The van der Waals surface area contributed by atoms with Gasteiger partial charge in [0.25, 0.3) is 17.4 Å². The summed E-state index contributed by atoms with van der Waals surface area (Å²) in [4.78, 5) is 41.1. The number of fused-ring (bicyclic) bond motifs is 3. The number of hydrogen-bond donors (Lipinski definition) is 1. The fourth-order valence-electron chi connectivity index (χ4n) is 5.39. The molecule has 2 aromatic carbocycles. The van der Waals surface area contributed by atoms with Gasteiger partial charge in [-0.3, -0.25) is 19.0 Å². The summed E-state index contributed by atoms with van der Waals surface area (Å²) < 4.78 is 43.7. The molecule has 1 aliphatic heterocycles. The zero-order valence-corrected chi connectivity index (χ0v) is 27.1. The molecule has 0 radical (unpaired) electrons. The van der Waals surface area contributed by atoms with Crippen LogP contribution in [0.3, 0.4) is 0 Å². The van der Waals surface area contributed by atoms with Crippen molar-refractivity contribution >= 4 is 33.4 Å². The molecule has 44 heavy (non-hydrogen) atoms. The first-order valence-electron chi connectivity index (χ1n) is 14.4. The van der Waals surface area contributed by atoms with Gasteiger partial charge in [-0.05, 0) is 68.1 Å². The van der Waals surface area contributed by atoms with Crippen LogP contribution in [0, 0.1) is 12.8 Å². The molecule has 0 unspecified atom stereocenters. The van der Waals surface area contributed by atoms with Gasteiger partial charge in [-0.15, -0.1) is 0 Å². The molecular formula is C32H35BrF3N5O3. The molecule has 1 aliphatic rings. The predicted octanol–water partition coefficient (Wildman–Crippen LogP) is 6.36. The third-order valence-electron chi connectivity index (χ3n) is 7.44. The number of carbonyl (C=O) groups is 2. The minimum Gasteiger partial charge on any atom is -0.355 e. The first-order chi connectivity index (χ1) is 20.8. The minimum absolute atomic E-state index is 0.00993. The summed E-state index contributed by atoms with van der Waals surface area (Å²) in [6, 6.07) is 10.1. The highest BCUT2D eigenvalue weighted by Crippen LogP contribution is 2.36. The van der Waals surface area contributed by atoms with Crippen molar-refractivity contribution in [3.05, 3.63) is 96.5 Å². The maximum absolute atomic E-state index is 14.1. The van der Waals surface area contributed by atoms with Gasteiger partial charge in [0.1, 0.15) is 5.65 Å². The summed E-state index contributed by atoms with van der Waals surface area (Å²) >= 11 is 2.92. The number of aryl methyl sites for hydroxylation is 1. The van der Waals surface area contributed by atoms with Crippen molar-refractivity contribution in [1.82, 2.24) is 24.4 Å². The van der Waals surface area contributed by atoms with E-state index in [1.165, 1.54) is 17.0 Å². The number of halogens is 4. The van der Waals surface area contributed by atoms with Crippen molar-refractivity contribution < 1.29 is 22.8 Å². The number of hydrogen-bond acceptors (Lipinski definition) is 4. The Bertz CT molecular complexity index is 1780. The fraction of sp³-hybridized carbons (Fsp3) is 0.375. The molecule has 8 nitrogen and oxygen atoms in total. The molecule has 0 spiro atoms. The smallest absolute Gasteiger partial charge is 0.355 e. The number of alkyl halides is 3. The third-order valence-corrected chi connectivity index (χ3v) is 8.13. The van der Waals surface area contributed by atoms with E-state index in [2.05, 4.69) is 35.1 Å². The third kappa shape index (κ3) is 6.17. The highest BCUT2D eigenvalue weighted by atomic mass is 79.9. The minimum atomic E-state index is -4.63. The Hall–Kier alpha value is -3.93. The SMILES string of the molecule is CC.CNC(=O)c1ccc(-n2c(=O)c3c(n4nc(C)c(CC(C)C)c24)CN(C(=O)c2ccc(Br)c(C(F)(F)F)c2)CC3)cc1. The second-order valence-electron chi connectivity index (χ2n) is 10.8. The van der Waals surface area contributed by atoms with Gasteiger partial charge in [-0.25, -0.2) is 4.52 Å². The quantitative estimate of drug-likeness (QED) is 0.267. The van der Waals surface area contributed by atoms with Crippen LogP contribution in [0.5, 0.6) is 0 Å². The molecule has 0 fully saturated rings. The molecule has 2 aromatic heterocycles. The zero-order chi connectivity index (χ0) is 32.5. The average Bonchev–Trinajstić information content (AvgIpc) is 3.32. The summed E-state index contributed by atoms with van der Waals surface area (Å²) in [6.45, 7) is 10.2. The molecule has 0 bridgehead atoms. The lowest BCUT2D eigenvalue weighted by Crippen LogP contribution is -2.41. The maximum Gasteiger partial charge on any atom is 0.417 e. The van der Waals surface area contributed by atoms with Gasteiger partial charge in [0.15, 0.2) is 0 Å². The highest BCUT2D eigenvalue weighted by Gasteiger charge is 2.35. The number of amides is 2. The van der Waals surface area contributed by atoms with E-state index >= 15 is 0 Å². The number of benzene rings is 2. The summed E-state index contributed by atoms with van der Waals surface area (Å²) in [7, 11) is 1.54. The number of carbonyl (C=O) groups excluding carboxylic acids is 2. The van der Waals surface area contributed by atoms with E-state index in [1.54, 1.807) is 40.4 Å². The summed E-state index contributed by atoms with van der Waals surface area (Å²) in [5, 5.41) is 7.37. The first-order valence-corrected chi connectivity index (χ1v) is 15.2. The number of aromatic nitrogens is 3. The molecule has 1 N–H and O–H groups in total. The molecule has 5 rings (SSSR count). The van der Waals surface area contributed by atoms with Crippen molar-refractivity contribution in [3.63, 3.8) is 0 Å². The second kappa shape index (κ2) is 13.0. The topological polar surface area (TPSA) is 88.7 Å². The van der Waals surface area contributed by atoms with Crippen molar-refractivity contribution in [2.75, 3.05) is 13.6 Å². The van der Waals surface area contributed by atoms with Crippen molar-refractivity contribution in [3.8, 4) is 5.69 Å². The molecule has 3 heterocycles. The van der Waals surface area contributed by atoms with Gasteiger partial charge in [0, 0.05) is 40.3 Å². The largest absolute Gasteiger partial charge is 0.417 e. The Morgan fingerprint density at radius 2 is 1.70 bits per heavy atom. The standard InChI is InChI=1S/C30H29BrF3N5O3.C2H6/c1-16(2)13-22-17(3)36-39-25-15-37(28(41)19-7-10-24(31)23(14-19)30(32,33)34)12-11-21(25)29(42)38(27(22)39)20-8-5-18(6-9-20)26(40)35-4;1-2/h5-10,14,16H,11-13,15H2,1-4H3,(H,35,40);1-2H3. The van der Waals surface area contributed by atoms with Crippen LogP contribution < -0.4 is 10.9 Å². The Kier molecular flexibility index (Phi) is 9.72. The van der Waals surface area contributed by atoms with Gasteiger partial charge in [-0.1, -0.05) is 43.6 Å². The molecule has 0 saturated heterocycles. The van der Waals surface area contributed by atoms with E-state index in [0.29, 0.717) is 34.6 Å². The van der Waals surface area contributed by atoms with Gasteiger partial charge in [0.2, 0.25) is 0 Å². The van der Waals surface area contributed by atoms with Crippen LogP contribution in [-0.2, 0) is 25.6 Å². The number of nitrogens with one attached hydrogen (secondary N) is 1. The second-order valence-corrected chi connectivity index (χ2v) is 11.6. The molecule has 4 aromatic rings. The van der Waals surface area contributed by atoms with E-state index in [-0.39, 0.29) is 46.9 Å². The molecule has 234 valence electrons. The van der Waals surface area contributed by atoms with E-state index in [1.807, 2.05) is 20.8 Å². The molecule has 0 saturated carbocycles. The predicted molar refractivity (Wildman–Crippen MR) is 166 cm³/mol. The lowest BCUT2D eigenvalue weighted by atomic mass is 10.0. The summed E-state index contributed by atoms with van der Waals surface area (Å²) in [6.07, 6.45) is -3.78. The van der Waals surface area contributed by atoms with Crippen molar-refractivity contribution in [1.29, 1.82) is 0 Å². The van der Waals surface area contributed by atoms with Crippen LogP contribution >= 0.6 is 15.9 Å². The summed E-state index contributed by atoms with van der Waals surface area (Å²) in [5.41, 5.74) is 2.92. The average molecular weight is 675 g/mol. The van der Waals surface area contributed by atoms with E-state index in [9.17, 15) is 27.6 Å². The fourth-order valence-corrected chi connectivity index (χ4v) is 5.86. The van der Waals surface area contributed by atoms with E-state index < -0.39 is 17.6 Å². The molecule has 0 atom stereocenters. The lowest BCUT2D eigenvalue weighted by molar-refractivity contribution is -0.138. The lowest BCUT2D eigenvalue weighted by Gasteiger charge is -2.30. The summed E-state index contributed by atoms with van der Waals surface area (Å²) in [5.74, 6) is -0.555. The van der Waals surface area contributed by atoms with Gasteiger partial charge in [-0.2, -0.15) is 18.3 Å². The normalized spacial score (nSPS) is 13.0. The number of nitrogens with zero attached hydrogens (tertiary/aromatic N) is 4. The van der Waals surface area contributed by atoms with E-state index in [4.69, 9.17) is 5.10 Å². The Morgan fingerprint density at radius 3 is 2.30 bits per heavy atom.